The van der Waals surface area contributed by atoms with Crippen LogP contribution in [0.25, 0.3) is 21.3 Å². The molecule has 0 aliphatic carbocycles. The van der Waals surface area contributed by atoms with Gasteiger partial charge in [0.2, 0.25) is 0 Å². The SMILES string of the molecule is CCCCCCCCCCNCc1ccc2ccnc(N)c2c1.Cc1cc(C(=O)O)c(C)n1Cc1csc(-c2ccccc2)n1. The number of fused-ring (bicyclic) bond motifs is 1. The Balaban J connectivity index is 0.000000205. The number of hydrogen-bond donors (Lipinski definition) is 3. The van der Waals surface area contributed by atoms with Crippen molar-refractivity contribution in [3.63, 3.8) is 0 Å². The molecule has 238 valence electrons. The predicted molar refractivity (Wildman–Crippen MR) is 188 cm³/mol. The molecule has 0 aliphatic rings. The summed E-state index contributed by atoms with van der Waals surface area (Å²) in [6.45, 7) is 8.61. The summed E-state index contributed by atoms with van der Waals surface area (Å²) in [5, 5.41) is 18.0. The van der Waals surface area contributed by atoms with Crippen molar-refractivity contribution in [1.29, 1.82) is 0 Å². The van der Waals surface area contributed by atoms with Gasteiger partial charge in [-0.1, -0.05) is 94.3 Å². The average Bonchev–Trinajstić information content (AvgIpc) is 3.63. The molecule has 3 heterocycles. The highest BCUT2D eigenvalue weighted by molar-refractivity contribution is 7.13. The molecule has 8 heteroatoms. The zero-order chi connectivity index (χ0) is 32.0. The van der Waals surface area contributed by atoms with E-state index in [4.69, 9.17) is 5.73 Å². The zero-order valence-corrected chi connectivity index (χ0v) is 27.7. The van der Waals surface area contributed by atoms with Crippen LogP contribution in [0.3, 0.4) is 0 Å². The molecule has 0 aliphatic heterocycles. The normalized spacial score (nSPS) is 11.0. The Morgan fingerprint density at radius 1 is 0.956 bits per heavy atom. The van der Waals surface area contributed by atoms with Crippen LogP contribution in [0.5, 0.6) is 0 Å². The average molecular weight is 626 g/mol. The lowest BCUT2D eigenvalue weighted by Gasteiger charge is -2.07. The molecule has 5 aromatic rings. The van der Waals surface area contributed by atoms with E-state index >= 15 is 0 Å². The fourth-order valence-corrected chi connectivity index (χ4v) is 6.30. The van der Waals surface area contributed by atoms with E-state index in [0.717, 1.165) is 51.5 Å². The van der Waals surface area contributed by atoms with Crippen LogP contribution in [-0.4, -0.2) is 32.2 Å². The lowest BCUT2D eigenvalue weighted by molar-refractivity contribution is 0.0696. The number of unbranched alkanes of at least 4 members (excludes halogenated alkanes) is 7. The van der Waals surface area contributed by atoms with Crippen molar-refractivity contribution in [1.82, 2.24) is 19.9 Å². The number of benzene rings is 2. The summed E-state index contributed by atoms with van der Waals surface area (Å²) in [7, 11) is 0. The molecule has 0 radical (unpaired) electrons. The molecule has 5 rings (SSSR count). The van der Waals surface area contributed by atoms with E-state index in [1.54, 1.807) is 23.6 Å². The third-order valence-electron chi connectivity index (χ3n) is 8.09. The van der Waals surface area contributed by atoms with E-state index in [1.807, 2.05) is 60.2 Å². The standard InChI is InChI=1S/C20H31N3.C17H16N2O2S/c1-2-3-4-5-6-7-8-9-13-22-16-17-10-11-18-12-14-23-20(21)19(18)15-17;1-11-8-15(17(20)21)12(2)19(11)9-14-10-22-16(18-14)13-6-4-3-5-7-13/h10-12,14-15,22H,2-9,13,16H2,1H3,(H2,21,23);3-8,10H,9H2,1-2H3,(H,20,21). The fraction of sp³-hybridized carbons (Fsp3) is 0.378. The van der Waals surface area contributed by atoms with Gasteiger partial charge in [-0.05, 0) is 56.0 Å². The van der Waals surface area contributed by atoms with Crippen LogP contribution in [-0.2, 0) is 13.1 Å². The van der Waals surface area contributed by atoms with Gasteiger partial charge in [-0.3, -0.25) is 0 Å². The highest BCUT2D eigenvalue weighted by atomic mass is 32.1. The number of aryl methyl sites for hydroxylation is 1. The second kappa shape index (κ2) is 17.5. The highest BCUT2D eigenvalue weighted by Gasteiger charge is 2.15. The number of nitrogens with two attached hydrogens (primary N) is 1. The summed E-state index contributed by atoms with van der Waals surface area (Å²) in [5.74, 6) is -0.268. The number of nitrogen functional groups attached to an aromatic ring is 1. The van der Waals surface area contributed by atoms with Gasteiger partial charge in [-0.2, -0.15) is 0 Å². The number of rotatable bonds is 15. The van der Waals surface area contributed by atoms with Gasteiger partial charge in [0, 0.05) is 40.5 Å². The van der Waals surface area contributed by atoms with E-state index in [0.29, 0.717) is 17.9 Å². The number of pyridine rings is 1. The summed E-state index contributed by atoms with van der Waals surface area (Å²) >= 11 is 1.61. The topological polar surface area (TPSA) is 106 Å². The van der Waals surface area contributed by atoms with Gasteiger partial charge in [-0.15, -0.1) is 11.3 Å². The molecule has 0 saturated heterocycles. The Morgan fingerprint density at radius 2 is 1.69 bits per heavy atom. The largest absolute Gasteiger partial charge is 0.478 e. The van der Waals surface area contributed by atoms with Gasteiger partial charge < -0.3 is 20.7 Å². The maximum Gasteiger partial charge on any atom is 0.337 e. The molecule has 0 saturated carbocycles. The number of aromatic nitrogens is 3. The van der Waals surface area contributed by atoms with Crippen molar-refractivity contribution in [2.24, 2.45) is 0 Å². The smallest absolute Gasteiger partial charge is 0.337 e. The molecule has 3 aromatic heterocycles. The number of aromatic carboxylic acids is 1. The van der Waals surface area contributed by atoms with Crippen LogP contribution in [0.2, 0.25) is 0 Å². The van der Waals surface area contributed by atoms with E-state index in [1.165, 1.54) is 56.9 Å². The molecular formula is C37H47N5O2S. The number of nitrogens with one attached hydrogen (secondary N) is 1. The molecular weight excluding hydrogens is 579 g/mol. The quantitative estimate of drug-likeness (QED) is 0.100. The number of carboxylic acid groups (broad SMARTS) is 1. The summed E-state index contributed by atoms with van der Waals surface area (Å²) < 4.78 is 1.99. The number of thiazole rings is 1. The van der Waals surface area contributed by atoms with Crippen LogP contribution in [0.4, 0.5) is 5.82 Å². The van der Waals surface area contributed by atoms with Crippen LogP contribution >= 0.6 is 11.3 Å². The lowest BCUT2D eigenvalue weighted by Crippen LogP contribution is -2.14. The Labute approximate surface area is 271 Å². The van der Waals surface area contributed by atoms with Gasteiger partial charge >= 0.3 is 5.97 Å². The van der Waals surface area contributed by atoms with E-state index in [2.05, 4.69) is 40.4 Å². The van der Waals surface area contributed by atoms with Crippen LogP contribution < -0.4 is 11.1 Å². The molecule has 0 unspecified atom stereocenters. The molecule has 0 bridgehead atoms. The van der Waals surface area contributed by atoms with Crippen LogP contribution in [0.1, 0.15) is 91.3 Å². The summed E-state index contributed by atoms with van der Waals surface area (Å²) in [6, 6.07) is 20.2. The summed E-state index contributed by atoms with van der Waals surface area (Å²) in [5.41, 5.74) is 11.3. The van der Waals surface area contributed by atoms with Crippen molar-refractivity contribution >= 4 is 33.9 Å². The van der Waals surface area contributed by atoms with Gasteiger partial charge in [-0.25, -0.2) is 14.8 Å². The first-order valence-electron chi connectivity index (χ1n) is 16.1. The lowest BCUT2D eigenvalue weighted by atomic mass is 10.1. The number of carboxylic acids is 1. The Morgan fingerprint density at radius 3 is 2.40 bits per heavy atom. The number of carbonyl (C=O) groups is 1. The first kappa shape index (κ1) is 33.9. The van der Waals surface area contributed by atoms with Gasteiger partial charge in [0.05, 0.1) is 17.8 Å². The Hall–Kier alpha value is -4.01. The van der Waals surface area contributed by atoms with Gasteiger partial charge in [0.15, 0.2) is 0 Å². The molecule has 7 nitrogen and oxygen atoms in total. The second-order valence-corrected chi connectivity index (χ2v) is 12.4. The molecule has 0 spiro atoms. The predicted octanol–water partition coefficient (Wildman–Crippen LogP) is 9.02. The maximum absolute atomic E-state index is 11.2. The number of hydrogen-bond acceptors (Lipinski definition) is 6. The monoisotopic (exact) mass is 625 g/mol. The van der Waals surface area contributed by atoms with E-state index < -0.39 is 5.97 Å². The molecule has 0 amide bonds. The molecule has 2 aromatic carbocycles. The minimum Gasteiger partial charge on any atom is -0.478 e. The molecule has 0 atom stereocenters. The maximum atomic E-state index is 11.2. The minimum absolute atomic E-state index is 0.357. The highest BCUT2D eigenvalue weighted by Crippen LogP contribution is 2.25. The van der Waals surface area contributed by atoms with Crippen molar-refractivity contribution in [2.75, 3.05) is 12.3 Å². The van der Waals surface area contributed by atoms with E-state index in [9.17, 15) is 9.90 Å². The number of anilines is 1. The molecule has 45 heavy (non-hydrogen) atoms. The van der Waals surface area contributed by atoms with Crippen molar-refractivity contribution < 1.29 is 9.90 Å². The van der Waals surface area contributed by atoms with Gasteiger partial charge in [0.25, 0.3) is 0 Å². The third-order valence-corrected chi connectivity index (χ3v) is 9.03. The summed E-state index contributed by atoms with van der Waals surface area (Å²) in [4.78, 5) is 20.0. The van der Waals surface area contributed by atoms with Crippen LogP contribution in [0.15, 0.2) is 72.2 Å². The fourth-order valence-electron chi connectivity index (χ4n) is 5.48. The Kier molecular flexibility index (Phi) is 13.2. The third kappa shape index (κ3) is 9.99. The minimum atomic E-state index is -0.886. The second-order valence-electron chi connectivity index (χ2n) is 11.6. The van der Waals surface area contributed by atoms with Crippen LogP contribution in [0, 0.1) is 13.8 Å². The zero-order valence-electron chi connectivity index (χ0n) is 26.9. The van der Waals surface area contributed by atoms with Crippen molar-refractivity contribution in [3.8, 4) is 10.6 Å². The number of nitrogens with zero attached hydrogens (tertiary/aromatic N) is 3. The Bertz CT molecular complexity index is 1640. The molecule has 4 N–H and O–H groups in total. The first-order valence-corrected chi connectivity index (χ1v) is 17.0. The van der Waals surface area contributed by atoms with Crippen molar-refractivity contribution in [2.45, 2.75) is 85.2 Å². The van der Waals surface area contributed by atoms with E-state index in [-0.39, 0.29) is 0 Å². The van der Waals surface area contributed by atoms with Crippen molar-refractivity contribution in [3.05, 3.63) is 100 Å². The molecule has 0 fully saturated rings. The van der Waals surface area contributed by atoms with Gasteiger partial charge in [0.1, 0.15) is 10.8 Å². The first-order chi connectivity index (χ1) is 21.9. The summed E-state index contributed by atoms with van der Waals surface area (Å²) in [6.07, 6.45) is 12.7.